The third kappa shape index (κ3) is 2.46. The number of rotatable bonds is 4. The molecule has 1 aromatic heterocycles. The van der Waals surface area contributed by atoms with E-state index < -0.39 is 0 Å². The van der Waals surface area contributed by atoms with Crippen molar-refractivity contribution in [2.75, 3.05) is 18.1 Å². The number of aromatic nitrogens is 3. The SMILES string of the molecule is CCc1n[nH]c(CN2CC(CO)Oc3ccccc32)n1. The van der Waals surface area contributed by atoms with E-state index in [-0.39, 0.29) is 12.7 Å². The lowest BCUT2D eigenvalue weighted by molar-refractivity contribution is 0.112. The van der Waals surface area contributed by atoms with Crippen LogP contribution in [-0.4, -0.2) is 39.5 Å². The van der Waals surface area contributed by atoms with E-state index in [0.29, 0.717) is 13.1 Å². The normalized spacial score (nSPS) is 17.7. The van der Waals surface area contributed by atoms with E-state index in [0.717, 1.165) is 29.5 Å². The predicted octanol–water partition coefficient (Wildman–Crippen LogP) is 1.13. The van der Waals surface area contributed by atoms with Crippen LogP contribution < -0.4 is 9.64 Å². The van der Waals surface area contributed by atoms with Gasteiger partial charge >= 0.3 is 0 Å². The van der Waals surface area contributed by atoms with Crippen molar-refractivity contribution >= 4 is 5.69 Å². The minimum atomic E-state index is -0.210. The Morgan fingerprint density at radius 1 is 1.45 bits per heavy atom. The predicted molar refractivity (Wildman–Crippen MR) is 74.8 cm³/mol. The topological polar surface area (TPSA) is 74.3 Å². The van der Waals surface area contributed by atoms with Crippen LogP contribution in [0.5, 0.6) is 5.75 Å². The van der Waals surface area contributed by atoms with E-state index in [4.69, 9.17) is 4.74 Å². The smallest absolute Gasteiger partial charge is 0.150 e. The van der Waals surface area contributed by atoms with Crippen molar-refractivity contribution in [1.82, 2.24) is 15.2 Å². The Hall–Kier alpha value is -2.08. The van der Waals surface area contributed by atoms with Crippen LogP contribution in [0.4, 0.5) is 5.69 Å². The lowest BCUT2D eigenvalue weighted by Gasteiger charge is -2.35. The van der Waals surface area contributed by atoms with Gasteiger partial charge < -0.3 is 14.7 Å². The molecule has 1 unspecified atom stereocenters. The van der Waals surface area contributed by atoms with Crippen LogP contribution in [0.2, 0.25) is 0 Å². The zero-order valence-electron chi connectivity index (χ0n) is 11.4. The van der Waals surface area contributed by atoms with Gasteiger partial charge in [0.15, 0.2) is 5.82 Å². The van der Waals surface area contributed by atoms with E-state index in [9.17, 15) is 5.11 Å². The van der Waals surface area contributed by atoms with Gasteiger partial charge in [-0.15, -0.1) is 0 Å². The number of hydrogen-bond donors (Lipinski definition) is 2. The monoisotopic (exact) mass is 274 g/mol. The first-order valence-electron chi connectivity index (χ1n) is 6.81. The molecule has 3 rings (SSSR count). The van der Waals surface area contributed by atoms with E-state index in [2.05, 4.69) is 20.1 Å². The maximum Gasteiger partial charge on any atom is 0.150 e. The zero-order valence-corrected chi connectivity index (χ0v) is 11.4. The van der Waals surface area contributed by atoms with Crippen molar-refractivity contribution < 1.29 is 9.84 Å². The second kappa shape index (κ2) is 5.50. The summed E-state index contributed by atoms with van der Waals surface area (Å²) in [4.78, 5) is 6.59. The van der Waals surface area contributed by atoms with Crippen LogP contribution in [0.3, 0.4) is 0 Å². The van der Waals surface area contributed by atoms with Crippen molar-refractivity contribution in [3.05, 3.63) is 35.9 Å². The van der Waals surface area contributed by atoms with Crippen LogP contribution in [0.15, 0.2) is 24.3 Å². The second-order valence-electron chi connectivity index (χ2n) is 4.82. The van der Waals surface area contributed by atoms with E-state index in [1.165, 1.54) is 0 Å². The third-order valence-electron chi connectivity index (χ3n) is 3.36. The average Bonchev–Trinajstić information content (AvgIpc) is 2.94. The molecule has 0 saturated heterocycles. The summed E-state index contributed by atoms with van der Waals surface area (Å²) in [5.74, 6) is 2.45. The summed E-state index contributed by atoms with van der Waals surface area (Å²) in [5, 5.41) is 16.5. The van der Waals surface area contributed by atoms with Gasteiger partial charge in [-0.25, -0.2) is 4.98 Å². The molecule has 2 N–H and O–H groups in total. The third-order valence-corrected chi connectivity index (χ3v) is 3.36. The number of aliphatic hydroxyl groups is 1. The van der Waals surface area contributed by atoms with Gasteiger partial charge in [-0.1, -0.05) is 19.1 Å². The van der Waals surface area contributed by atoms with E-state index in [1.54, 1.807) is 0 Å². The van der Waals surface area contributed by atoms with Crippen LogP contribution >= 0.6 is 0 Å². The number of ether oxygens (including phenoxy) is 1. The first-order valence-corrected chi connectivity index (χ1v) is 6.81. The number of aromatic amines is 1. The molecule has 0 spiro atoms. The molecule has 2 aromatic rings. The Labute approximate surface area is 117 Å². The Morgan fingerprint density at radius 2 is 2.30 bits per heavy atom. The number of H-pyrrole nitrogens is 1. The zero-order chi connectivity index (χ0) is 13.9. The lowest BCUT2D eigenvalue weighted by Crippen LogP contribution is -2.41. The largest absolute Gasteiger partial charge is 0.484 e. The van der Waals surface area contributed by atoms with Crippen molar-refractivity contribution in [2.45, 2.75) is 26.0 Å². The van der Waals surface area contributed by atoms with Gasteiger partial charge in [-0.05, 0) is 12.1 Å². The molecule has 0 saturated carbocycles. The van der Waals surface area contributed by atoms with Crippen LogP contribution in [-0.2, 0) is 13.0 Å². The van der Waals surface area contributed by atoms with Crippen LogP contribution in [0.1, 0.15) is 18.6 Å². The van der Waals surface area contributed by atoms with Gasteiger partial charge in [0.2, 0.25) is 0 Å². The maximum absolute atomic E-state index is 9.36. The minimum absolute atomic E-state index is 0.00144. The Balaban J connectivity index is 1.84. The number of aryl methyl sites for hydroxylation is 1. The lowest BCUT2D eigenvalue weighted by atomic mass is 10.2. The Bertz CT molecular complexity index is 584. The molecule has 0 fully saturated rings. The number of para-hydroxylation sites is 2. The number of aliphatic hydroxyl groups excluding tert-OH is 1. The summed E-state index contributed by atoms with van der Waals surface area (Å²) in [6, 6.07) is 7.84. The number of nitrogens with one attached hydrogen (secondary N) is 1. The minimum Gasteiger partial charge on any atom is -0.484 e. The molecule has 1 aliphatic heterocycles. The Kier molecular flexibility index (Phi) is 3.56. The summed E-state index contributed by atoms with van der Waals surface area (Å²) in [5.41, 5.74) is 1.02. The molecule has 1 aliphatic rings. The molecule has 1 aromatic carbocycles. The summed E-state index contributed by atoms with van der Waals surface area (Å²) < 4.78 is 5.74. The fourth-order valence-corrected chi connectivity index (χ4v) is 2.37. The number of fused-ring (bicyclic) bond motifs is 1. The maximum atomic E-state index is 9.36. The number of benzene rings is 1. The Morgan fingerprint density at radius 3 is 3.05 bits per heavy atom. The highest BCUT2D eigenvalue weighted by atomic mass is 16.5. The molecule has 0 bridgehead atoms. The van der Waals surface area contributed by atoms with Gasteiger partial charge in [0.05, 0.1) is 25.4 Å². The molecule has 2 heterocycles. The first-order chi connectivity index (χ1) is 9.80. The molecule has 6 heteroatoms. The molecular formula is C14H18N4O2. The summed E-state index contributed by atoms with van der Waals surface area (Å²) in [6.07, 6.45) is 0.605. The quantitative estimate of drug-likeness (QED) is 0.874. The summed E-state index contributed by atoms with van der Waals surface area (Å²) >= 11 is 0. The van der Waals surface area contributed by atoms with Crippen LogP contribution in [0.25, 0.3) is 0 Å². The number of anilines is 1. The second-order valence-corrected chi connectivity index (χ2v) is 4.82. The van der Waals surface area contributed by atoms with Crippen molar-refractivity contribution in [2.24, 2.45) is 0 Å². The van der Waals surface area contributed by atoms with E-state index in [1.807, 2.05) is 31.2 Å². The first kappa shape index (κ1) is 12.9. The number of hydrogen-bond acceptors (Lipinski definition) is 5. The van der Waals surface area contributed by atoms with E-state index >= 15 is 0 Å². The van der Waals surface area contributed by atoms with Gasteiger partial charge in [0.1, 0.15) is 17.7 Å². The summed E-state index contributed by atoms with van der Waals surface area (Å²) in [6.45, 7) is 3.29. The van der Waals surface area contributed by atoms with Gasteiger partial charge in [-0.3, -0.25) is 5.10 Å². The van der Waals surface area contributed by atoms with Crippen molar-refractivity contribution in [3.63, 3.8) is 0 Å². The molecule has 20 heavy (non-hydrogen) atoms. The van der Waals surface area contributed by atoms with Crippen molar-refractivity contribution in [3.8, 4) is 5.75 Å². The molecule has 0 aliphatic carbocycles. The molecular weight excluding hydrogens is 256 g/mol. The standard InChI is InChI=1S/C14H18N4O2/c1-2-13-15-14(17-16-13)8-18-7-10(9-19)20-12-6-4-3-5-11(12)18/h3-6,10,19H,2,7-9H2,1H3,(H,15,16,17). The van der Waals surface area contributed by atoms with Gasteiger partial charge in [-0.2, -0.15) is 5.10 Å². The van der Waals surface area contributed by atoms with Crippen molar-refractivity contribution in [1.29, 1.82) is 0 Å². The highest BCUT2D eigenvalue weighted by molar-refractivity contribution is 5.60. The van der Waals surface area contributed by atoms with Gasteiger partial charge in [0.25, 0.3) is 0 Å². The fourth-order valence-electron chi connectivity index (χ4n) is 2.37. The molecule has 0 radical (unpaired) electrons. The highest BCUT2D eigenvalue weighted by Crippen LogP contribution is 2.33. The van der Waals surface area contributed by atoms with Gasteiger partial charge in [0, 0.05) is 6.42 Å². The average molecular weight is 274 g/mol. The highest BCUT2D eigenvalue weighted by Gasteiger charge is 2.25. The molecule has 0 amide bonds. The summed E-state index contributed by atoms with van der Waals surface area (Å²) in [7, 11) is 0. The fraction of sp³-hybridized carbons (Fsp3) is 0.429. The molecule has 6 nitrogen and oxygen atoms in total. The van der Waals surface area contributed by atoms with Crippen LogP contribution in [0, 0.1) is 0 Å². The molecule has 106 valence electrons. The number of nitrogens with zero attached hydrogens (tertiary/aromatic N) is 3. The molecule has 1 atom stereocenters.